The molecular weight excluding hydrogens is 224 g/mol. The monoisotopic (exact) mass is 244 g/mol. The van der Waals surface area contributed by atoms with Crippen molar-refractivity contribution < 1.29 is 19.1 Å². The molecule has 1 fully saturated rings. The lowest BCUT2D eigenvalue weighted by molar-refractivity contribution is -0.144. The lowest BCUT2D eigenvalue weighted by Crippen LogP contribution is -2.50. The van der Waals surface area contributed by atoms with E-state index in [1.54, 1.807) is 0 Å². The Morgan fingerprint density at radius 3 is 2.71 bits per heavy atom. The van der Waals surface area contributed by atoms with Crippen LogP contribution in [0, 0.1) is 0 Å². The summed E-state index contributed by atoms with van der Waals surface area (Å²) in [5.41, 5.74) is 0. The van der Waals surface area contributed by atoms with E-state index in [-0.39, 0.29) is 18.1 Å². The molecule has 0 aliphatic carbocycles. The Morgan fingerprint density at radius 2 is 2.24 bits per heavy atom. The minimum absolute atomic E-state index is 0.130. The minimum atomic E-state index is -0.648. The second kappa shape index (κ2) is 6.56. The average molecular weight is 244 g/mol. The summed E-state index contributed by atoms with van der Waals surface area (Å²) in [5.74, 6) is -0.697. The fourth-order valence-corrected chi connectivity index (χ4v) is 1.85. The first-order valence-electron chi connectivity index (χ1n) is 5.74. The molecule has 6 nitrogen and oxygen atoms in total. The second-order valence-electron chi connectivity index (χ2n) is 4.16. The van der Waals surface area contributed by atoms with Gasteiger partial charge in [0.1, 0.15) is 6.04 Å². The zero-order valence-corrected chi connectivity index (χ0v) is 10.5. The van der Waals surface area contributed by atoms with Gasteiger partial charge in [-0.2, -0.15) is 0 Å². The Labute approximate surface area is 101 Å². The normalized spacial score (nSPS) is 25.4. The number of rotatable bonds is 5. The number of ether oxygens (including phenoxy) is 2. The molecule has 3 atom stereocenters. The van der Waals surface area contributed by atoms with E-state index in [9.17, 15) is 9.59 Å². The topological polar surface area (TPSA) is 76.7 Å². The summed E-state index contributed by atoms with van der Waals surface area (Å²) >= 11 is 0. The van der Waals surface area contributed by atoms with E-state index in [0.29, 0.717) is 6.54 Å². The third-order valence-electron chi connectivity index (χ3n) is 2.82. The van der Waals surface area contributed by atoms with Crippen LogP contribution < -0.4 is 10.6 Å². The van der Waals surface area contributed by atoms with E-state index >= 15 is 0 Å². The molecule has 1 heterocycles. The maximum atomic E-state index is 11.4. The average Bonchev–Trinajstić information content (AvgIpc) is 2.68. The predicted molar refractivity (Wildman–Crippen MR) is 61.4 cm³/mol. The molecule has 3 unspecified atom stereocenters. The molecule has 1 saturated heterocycles. The summed E-state index contributed by atoms with van der Waals surface area (Å²) in [6.45, 7) is 4.43. The maximum Gasteiger partial charge on any atom is 0.329 e. The Bertz CT molecular complexity index is 283. The Hall–Kier alpha value is -1.14. The summed E-state index contributed by atoms with van der Waals surface area (Å²) in [4.78, 5) is 22.4. The number of nitrogens with one attached hydrogen (secondary N) is 2. The van der Waals surface area contributed by atoms with Crippen molar-refractivity contribution in [3.05, 3.63) is 0 Å². The van der Waals surface area contributed by atoms with Crippen LogP contribution in [0.4, 0.5) is 0 Å². The molecule has 1 aliphatic heterocycles. The van der Waals surface area contributed by atoms with Gasteiger partial charge in [0.2, 0.25) is 5.91 Å². The quantitative estimate of drug-likeness (QED) is 0.633. The van der Waals surface area contributed by atoms with E-state index in [0.717, 1.165) is 13.0 Å². The Morgan fingerprint density at radius 1 is 1.53 bits per heavy atom. The van der Waals surface area contributed by atoms with E-state index in [1.807, 2.05) is 6.92 Å². The molecule has 17 heavy (non-hydrogen) atoms. The third-order valence-corrected chi connectivity index (χ3v) is 2.82. The van der Waals surface area contributed by atoms with Crippen LogP contribution in [0.3, 0.4) is 0 Å². The molecule has 98 valence electrons. The highest BCUT2D eigenvalue weighted by Gasteiger charge is 2.27. The molecule has 0 aromatic rings. The van der Waals surface area contributed by atoms with Crippen molar-refractivity contribution >= 4 is 11.9 Å². The van der Waals surface area contributed by atoms with Gasteiger partial charge in [-0.15, -0.1) is 0 Å². The Kier molecular flexibility index (Phi) is 5.37. The molecule has 0 saturated carbocycles. The number of carbonyl (C=O) groups excluding carboxylic acids is 2. The summed E-state index contributed by atoms with van der Waals surface area (Å²) in [7, 11) is 1.30. The first kappa shape index (κ1) is 13.9. The number of carbonyl (C=O) groups is 2. The van der Waals surface area contributed by atoms with E-state index in [1.165, 1.54) is 14.0 Å². The first-order valence-corrected chi connectivity index (χ1v) is 5.74. The number of methoxy groups -OCH3 is 1. The van der Waals surface area contributed by atoms with Crippen molar-refractivity contribution in [1.82, 2.24) is 10.6 Å². The van der Waals surface area contributed by atoms with Crippen molar-refractivity contribution in [2.45, 2.75) is 38.5 Å². The van der Waals surface area contributed by atoms with Gasteiger partial charge in [-0.25, -0.2) is 4.79 Å². The molecule has 0 radical (unpaired) electrons. The summed E-state index contributed by atoms with van der Waals surface area (Å²) in [6.07, 6.45) is 1.04. The SMILES string of the molecule is COC(=O)C(CNC1CCOC1C)NC(C)=O. The van der Waals surface area contributed by atoms with Crippen LogP contribution in [-0.4, -0.2) is 50.3 Å². The van der Waals surface area contributed by atoms with Crippen LogP contribution in [0.5, 0.6) is 0 Å². The van der Waals surface area contributed by atoms with E-state index in [4.69, 9.17) is 4.74 Å². The Balaban J connectivity index is 2.42. The van der Waals surface area contributed by atoms with Crippen LogP contribution in [-0.2, 0) is 19.1 Å². The molecule has 1 rings (SSSR count). The number of amides is 1. The smallest absolute Gasteiger partial charge is 0.329 e. The van der Waals surface area contributed by atoms with Gasteiger partial charge in [0.05, 0.1) is 13.2 Å². The summed E-state index contributed by atoms with van der Waals surface area (Å²) < 4.78 is 10.0. The lowest BCUT2D eigenvalue weighted by atomic mass is 10.1. The van der Waals surface area contributed by atoms with Crippen molar-refractivity contribution in [2.75, 3.05) is 20.3 Å². The highest BCUT2D eigenvalue weighted by Crippen LogP contribution is 2.12. The highest BCUT2D eigenvalue weighted by atomic mass is 16.5. The molecule has 0 aromatic carbocycles. The first-order chi connectivity index (χ1) is 8.04. The zero-order valence-electron chi connectivity index (χ0n) is 10.5. The van der Waals surface area contributed by atoms with Crippen LogP contribution in [0.2, 0.25) is 0 Å². The third kappa shape index (κ3) is 4.32. The van der Waals surface area contributed by atoms with Crippen LogP contribution in [0.25, 0.3) is 0 Å². The molecule has 0 bridgehead atoms. The molecule has 0 spiro atoms. The molecule has 1 amide bonds. The zero-order chi connectivity index (χ0) is 12.8. The minimum Gasteiger partial charge on any atom is -0.467 e. The van der Waals surface area contributed by atoms with Crippen LogP contribution in [0.15, 0.2) is 0 Å². The molecule has 0 aromatic heterocycles. The van der Waals surface area contributed by atoms with Crippen molar-refractivity contribution in [3.63, 3.8) is 0 Å². The molecule has 6 heteroatoms. The summed E-state index contributed by atoms with van der Waals surface area (Å²) in [6, 6.07) is -0.429. The van der Waals surface area contributed by atoms with E-state index in [2.05, 4.69) is 15.4 Å². The van der Waals surface area contributed by atoms with Gasteiger partial charge in [0.25, 0.3) is 0 Å². The van der Waals surface area contributed by atoms with Gasteiger partial charge >= 0.3 is 5.97 Å². The predicted octanol–water partition coefficient (Wildman–Crippen LogP) is -0.569. The second-order valence-corrected chi connectivity index (χ2v) is 4.16. The van der Waals surface area contributed by atoms with Gasteiger partial charge in [0.15, 0.2) is 0 Å². The maximum absolute atomic E-state index is 11.4. The molecule has 2 N–H and O–H groups in total. The van der Waals surface area contributed by atoms with Gasteiger partial charge in [-0.3, -0.25) is 4.79 Å². The van der Waals surface area contributed by atoms with Crippen molar-refractivity contribution in [2.24, 2.45) is 0 Å². The van der Waals surface area contributed by atoms with E-state index < -0.39 is 12.0 Å². The number of hydrogen-bond acceptors (Lipinski definition) is 5. The fourth-order valence-electron chi connectivity index (χ4n) is 1.85. The van der Waals surface area contributed by atoms with Crippen molar-refractivity contribution in [1.29, 1.82) is 0 Å². The molecular formula is C11H20N2O4. The van der Waals surface area contributed by atoms with Gasteiger partial charge in [-0.1, -0.05) is 0 Å². The standard InChI is InChI=1S/C11H20N2O4/c1-7-9(4-5-17-7)12-6-10(11(15)16-3)13-8(2)14/h7,9-10,12H,4-6H2,1-3H3,(H,13,14). The van der Waals surface area contributed by atoms with Gasteiger partial charge in [0, 0.05) is 26.1 Å². The lowest BCUT2D eigenvalue weighted by Gasteiger charge is -2.20. The highest BCUT2D eigenvalue weighted by molar-refractivity contribution is 5.83. The van der Waals surface area contributed by atoms with Crippen LogP contribution in [0.1, 0.15) is 20.3 Å². The van der Waals surface area contributed by atoms with Crippen LogP contribution >= 0.6 is 0 Å². The molecule has 1 aliphatic rings. The summed E-state index contributed by atoms with van der Waals surface area (Å²) in [5, 5.41) is 5.76. The number of hydrogen-bond donors (Lipinski definition) is 2. The largest absolute Gasteiger partial charge is 0.467 e. The number of esters is 1. The van der Waals surface area contributed by atoms with Crippen molar-refractivity contribution in [3.8, 4) is 0 Å². The van der Waals surface area contributed by atoms with Gasteiger partial charge < -0.3 is 20.1 Å². The fraction of sp³-hybridized carbons (Fsp3) is 0.818. The van der Waals surface area contributed by atoms with Gasteiger partial charge in [-0.05, 0) is 13.3 Å².